The third kappa shape index (κ3) is 4.41. The summed E-state index contributed by atoms with van der Waals surface area (Å²) in [5.74, 6) is -0.0217. The standard InChI is InChI=1S/C21H21FN4O2.ClH/c1-13(15-8-9-16(17(22)10-15)14-6-4-3-5-7-14)18-11-20(28-25-18)24-21-23-19(27)12-26(21)2;/h3-11,13,21,24H,12H2,1-2H3,(H,23,27);1H. The van der Waals surface area contributed by atoms with Gasteiger partial charge < -0.3 is 15.2 Å². The number of aromatic nitrogens is 1. The number of carbonyl (C=O) groups excluding carboxylic acids is 1. The largest absolute Gasteiger partial charge is 0.339 e. The Kier molecular flexibility index (Phi) is 6.20. The van der Waals surface area contributed by atoms with Gasteiger partial charge >= 0.3 is 0 Å². The van der Waals surface area contributed by atoms with Crippen LogP contribution < -0.4 is 10.6 Å². The average molecular weight is 417 g/mol. The van der Waals surface area contributed by atoms with Gasteiger partial charge in [-0.1, -0.05) is 54.5 Å². The molecule has 152 valence electrons. The van der Waals surface area contributed by atoms with E-state index in [0.717, 1.165) is 11.1 Å². The van der Waals surface area contributed by atoms with Gasteiger partial charge in [0, 0.05) is 17.5 Å². The zero-order valence-corrected chi connectivity index (χ0v) is 16.9. The summed E-state index contributed by atoms with van der Waals surface area (Å²) in [5.41, 5.74) is 2.90. The molecule has 2 aromatic carbocycles. The summed E-state index contributed by atoms with van der Waals surface area (Å²) in [6.07, 6.45) is -0.341. The van der Waals surface area contributed by atoms with Crippen molar-refractivity contribution in [1.29, 1.82) is 0 Å². The van der Waals surface area contributed by atoms with E-state index >= 15 is 0 Å². The molecule has 0 aliphatic carbocycles. The number of hydrogen-bond donors (Lipinski definition) is 2. The Morgan fingerprint density at radius 2 is 2.00 bits per heavy atom. The van der Waals surface area contributed by atoms with Gasteiger partial charge in [-0.05, 0) is 24.2 Å². The number of rotatable bonds is 5. The van der Waals surface area contributed by atoms with Gasteiger partial charge in [-0.15, -0.1) is 12.4 Å². The Morgan fingerprint density at radius 1 is 1.24 bits per heavy atom. The van der Waals surface area contributed by atoms with E-state index in [4.69, 9.17) is 4.52 Å². The van der Waals surface area contributed by atoms with Gasteiger partial charge in [-0.25, -0.2) is 4.39 Å². The fraction of sp³-hybridized carbons (Fsp3) is 0.238. The molecule has 2 unspecified atom stereocenters. The molecule has 0 radical (unpaired) electrons. The van der Waals surface area contributed by atoms with Gasteiger partial charge in [0.05, 0.1) is 12.2 Å². The number of hydrogen-bond acceptors (Lipinski definition) is 5. The third-order valence-corrected chi connectivity index (χ3v) is 4.96. The van der Waals surface area contributed by atoms with E-state index in [1.165, 1.54) is 0 Å². The van der Waals surface area contributed by atoms with Crippen molar-refractivity contribution in [1.82, 2.24) is 15.4 Å². The van der Waals surface area contributed by atoms with Crippen molar-refractivity contribution in [3.63, 3.8) is 0 Å². The van der Waals surface area contributed by atoms with Crippen LogP contribution in [0.2, 0.25) is 0 Å². The van der Waals surface area contributed by atoms with Crippen LogP contribution in [0.25, 0.3) is 11.1 Å². The molecule has 1 aliphatic rings. The summed E-state index contributed by atoms with van der Waals surface area (Å²) in [5, 5.41) is 9.97. The summed E-state index contributed by atoms with van der Waals surface area (Å²) < 4.78 is 20.0. The van der Waals surface area contributed by atoms with E-state index in [0.29, 0.717) is 23.7 Å². The molecule has 1 fully saturated rings. The maximum Gasteiger partial charge on any atom is 0.236 e. The maximum atomic E-state index is 14.7. The minimum absolute atomic E-state index is 0. The van der Waals surface area contributed by atoms with Crippen LogP contribution in [0.4, 0.5) is 10.3 Å². The first-order chi connectivity index (χ1) is 13.5. The first-order valence-corrected chi connectivity index (χ1v) is 9.09. The van der Waals surface area contributed by atoms with Crippen molar-refractivity contribution in [2.75, 3.05) is 18.9 Å². The highest BCUT2D eigenvalue weighted by Crippen LogP contribution is 2.30. The molecule has 0 bridgehead atoms. The summed E-state index contributed by atoms with van der Waals surface area (Å²) in [6.45, 7) is 2.27. The first-order valence-electron chi connectivity index (χ1n) is 9.09. The molecular formula is C21H22ClFN4O2. The van der Waals surface area contributed by atoms with Crippen molar-refractivity contribution >= 4 is 24.2 Å². The number of anilines is 1. The SMILES string of the molecule is CC(c1ccc(-c2ccccc2)c(F)c1)c1cc(NC2NC(=O)CN2C)on1.Cl. The molecule has 1 amide bonds. The second-order valence-corrected chi connectivity index (χ2v) is 6.97. The Morgan fingerprint density at radius 3 is 2.66 bits per heavy atom. The number of halogens is 2. The van der Waals surface area contributed by atoms with Gasteiger partial charge in [0.15, 0.2) is 6.29 Å². The highest BCUT2D eigenvalue weighted by molar-refractivity contribution is 5.85. The minimum atomic E-state index is -0.341. The van der Waals surface area contributed by atoms with Gasteiger partial charge in [0.1, 0.15) is 5.82 Å². The quantitative estimate of drug-likeness (QED) is 0.661. The van der Waals surface area contributed by atoms with Gasteiger partial charge in [0.2, 0.25) is 11.8 Å². The lowest BCUT2D eigenvalue weighted by Crippen LogP contribution is -2.40. The molecule has 2 N–H and O–H groups in total. The van der Waals surface area contributed by atoms with Crippen LogP contribution in [-0.2, 0) is 4.79 Å². The Labute approximate surface area is 174 Å². The molecule has 0 saturated carbocycles. The highest BCUT2D eigenvalue weighted by Gasteiger charge is 2.27. The monoisotopic (exact) mass is 416 g/mol. The number of nitrogens with one attached hydrogen (secondary N) is 2. The lowest BCUT2D eigenvalue weighted by atomic mass is 9.95. The molecule has 8 heteroatoms. The fourth-order valence-electron chi connectivity index (χ4n) is 3.29. The first kappa shape index (κ1) is 20.8. The van der Waals surface area contributed by atoms with E-state index in [9.17, 15) is 9.18 Å². The van der Waals surface area contributed by atoms with Crippen LogP contribution in [0.3, 0.4) is 0 Å². The van der Waals surface area contributed by atoms with E-state index in [1.807, 2.05) is 55.3 Å². The second-order valence-electron chi connectivity index (χ2n) is 6.97. The Bertz CT molecular complexity index is 995. The maximum absolute atomic E-state index is 14.7. The Hall–Kier alpha value is -2.90. The van der Waals surface area contributed by atoms with Crippen molar-refractivity contribution < 1.29 is 13.7 Å². The number of carbonyl (C=O) groups is 1. The Balaban J connectivity index is 0.00000240. The highest BCUT2D eigenvalue weighted by atomic mass is 35.5. The van der Waals surface area contributed by atoms with Crippen molar-refractivity contribution in [3.05, 3.63) is 71.7 Å². The molecule has 0 spiro atoms. The smallest absolute Gasteiger partial charge is 0.236 e. The summed E-state index contributed by atoms with van der Waals surface area (Å²) in [6, 6.07) is 16.5. The molecular weight excluding hydrogens is 395 g/mol. The van der Waals surface area contributed by atoms with Crippen molar-refractivity contribution in [3.8, 4) is 11.1 Å². The predicted molar refractivity (Wildman–Crippen MR) is 111 cm³/mol. The van der Waals surface area contributed by atoms with E-state index in [-0.39, 0.29) is 36.3 Å². The van der Waals surface area contributed by atoms with E-state index in [1.54, 1.807) is 18.2 Å². The lowest BCUT2D eigenvalue weighted by molar-refractivity contribution is -0.118. The summed E-state index contributed by atoms with van der Waals surface area (Å²) in [7, 11) is 1.83. The molecule has 4 rings (SSSR count). The number of nitrogens with zero attached hydrogens (tertiary/aromatic N) is 2. The lowest BCUT2D eigenvalue weighted by Gasteiger charge is -2.18. The summed E-state index contributed by atoms with van der Waals surface area (Å²) in [4.78, 5) is 13.3. The molecule has 1 saturated heterocycles. The van der Waals surface area contributed by atoms with E-state index in [2.05, 4.69) is 15.8 Å². The normalized spacial score (nSPS) is 17.5. The van der Waals surface area contributed by atoms with Crippen LogP contribution in [0.5, 0.6) is 0 Å². The zero-order chi connectivity index (χ0) is 19.7. The van der Waals surface area contributed by atoms with E-state index < -0.39 is 0 Å². The van der Waals surface area contributed by atoms with Gasteiger partial charge in [-0.2, -0.15) is 0 Å². The van der Waals surface area contributed by atoms with Crippen LogP contribution in [-0.4, -0.2) is 35.8 Å². The van der Waals surface area contributed by atoms with Crippen LogP contribution in [0.1, 0.15) is 24.1 Å². The molecule has 1 aliphatic heterocycles. The molecule has 29 heavy (non-hydrogen) atoms. The minimum Gasteiger partial charge on any atom is -0.339 e. The number of amides is 1. The number of likely N-dealkylation sites (N-methyl/N-ethyl adjacent to an activating group) is 1. The van der Waals surface area contributed by atoms with Gasteiger partial charge in [0.25, 0.3) is 0 Å². The van der Waals surface area contributed by atoms with Crippen LogP contribution >= 0.6 is 12.4 Å². The molecule has 6 nitrogen and oxygen atoms in total. The predicted octanol–water partition coefficient (Wildman–Crippen LogP) is 3.81. The molecule has 1 aromatic heterocycles. The average Bonchev–Trinajstić information content (AvgIpc) is 3.28. The van der Waals surface area contributed by atoms with Gasteiger partial charge in [-0.3, -0.25) is 9.69 Å². The van der Waals surface area contributed by atoms with Crippen LogP contribution in [0.15, 0.2) is 59.1 Å². The third-order valence-electron chi connectivity index (χ3n) is 4.96. The number of benzene rings is 2. The molecule has 2 heterocycles. The fourth-order valence-corrected chi connectivity index (χ4v) is 3.29. The van der Waals surface area contributed by atoms with Crippen molar-refractivity contribution in [2.45, 2.75) is 19.1 Å². The topological polar surface area (TPSA) is 70.4 Å². The summed E-state index contributed by atoms with van der Waals surface area (Å²) >= 11 is 0. The zero-order valence-electron chi connectivity index (χ0n) is 16.1. The molecule has 2 atom stereocenters. The van der Waals surface area contributed by atoms with Crippen LogP contribution in [0, 0.1) is 5.82 Å². The molecule has 3 aromatic rings. The second kappa shape index (κ2) is 8.63. The van der Waals surface area contributed by atoms with Crippen molar-refractivity contribution in [2.24, 2.45) is 0 Å².